The summed E-state index contributed by atoms with van der Waals surface area (Å²) in [6.45, 7) is 12.3. The van der Waals surface area contributed by atoms with E-state index in [0.29, 0.717) is 11.1 Å². The van der Waals surface area contributed by atoms with E-state index in [0.717, 1.165) is 13.8 Å². The van der Waals surface area contributed by atoms with Crippen LogP contribution in [0.4, 0.5) is 0 Å². The van der Waals surface area contributed by atoms with Gasteiger partial charge in [-0.05, 0) is 48.5 Å². The number of ether oxygens (including phenoxy) is 5. The highest BCUT2D eigenvalue weighted by Crippen LogP contribution is 2.51. The fourth-order valence-electron chi connectivity index (χ4n) is 5.70. The fourth-order valence-corrected chi connectivity index (χ4v) is 5.70. The van der Waals surface area contributed by atoms with Crippen molar-refractivity contribution in [2.45, 2.75) is 106 Å². The summed E-state index contributed by atoms with van der Waals surface area (Å²) in [6.07, 6.45) is -4.79. The molecule has 0 heterocycles. The summed E-state index contributed by atoms with van der Waals surface area (Å²) in [5.74, 6) is -4.27. The number of carbonyl (C=O) groups excluding carboxylic acids is 5. The highest BCUT2D eigenvalue weighted by Gasteiger charge is 2.50. The lowest BCUT2D eigenvalue weighted by molar-refractivity contribution is -0.153. The van der Waals surface area contributed by atoms with Crippen LogP contribution in [0, 0.1) is 11.3 Å². The quantitative estimate of drug-likeness (QED) is 0.262. The molecule has 0 spiro atoms. The molecule has 0 unspecified atom stereocenters. The Balaban J connectivity index is 3.06. The molecule has 12 nitrogen and oxygen atoms in total. The van der Waals surface area contributed by atoms with Crippen LogP contribution in [0.3, 0.4) is 0 Å². The number of rotatable bonds is 6. The first-order valence-electron chi connectivity index (χ1n) is 13.7. The van der Waals surface area contributed by atoms with Crippen LogP contribution in [0.25, 0.3) is 0 Å². The Morgan fingerprint density at radius 2 is 1.36 bits per heavy atom. The van der Waals surface area contributed by atoms with Crippen molar-refractivity contribution in [3.8, 4) is 0 Å². The molecule has 0 aromatic rings. The maximum Gasteiger partial charge on any atom is 0.307 e. The van der Waals surface area contributed by atoms with Gasteiger partial charge in [0.25, 0.3) is 0 Å². The zero-order valence-corrected chi connectivity index (χ0v) is 25.6. The number of aliphatic hydroxyl groups excluding tert-OH is 2. The van der Waals surface area contributed by atoms with E-state index in [-0.39, 0.29) is 36.4 Å². The van der Waals surface area contributed by atoms with Gasteiger partial charge in [-0.15, -0.1) is 0 Å². The van der Waals surface area contributed by atoms with Crippen LogP contribution in [0.1, 0.15) is 75.2 Å². The van der Waals surface area contributed by atoms with E-state index in [9.17, 15) is 34.2 Å². The molecular formula is C30H42O12. The largest absolute Gasteiger partial charge is 0.461 e. The minimum absolute atomic E-state index is 0.113. The van der Waals surface area contributed by atoms with E-state index in [2.05, 4.69) is 0 Å². The lowest BCUT2D eigenvalue weighted by Crippen LogP contribution is -2.48. The number of hydrogen-bond acceptors (Lipinski definition) is 12. The van der Waals surface area contributed by atoms with E-state index in [4.69, 9.17) is 23.7 Å². The summed E-state index contributed by atoms with van der Waals surface area (Å²) in [7, 11) is 0. The molecular weight excluding hydrogens is 552 g/mol. The smallest absolute Gasteiger partial charge is 0.307 e. The summed E-state index contributed by atoms with van der Waals surface area (Å²) in [6, 6.07) is 0. The number of fused-ring (bicyclic) bond motifs is 2. The molecule has 42 heavy (non-hydrogen) atoms. The minimum Gasteiger partial charge on any atom is -0.461 e. The van der Waals surface area contributed by atoms with Crippen LogP contribution < -0.4 is 0 Å². The third-order valence-electron chi connectivity index (χ3n) is 7.63. The molecule has 0 aliphatic heterocycles. The predicted molar refractivity (Wildman–Crippen MR) is 147 cm³/mol. The molecule has 12 heteroatoms. The van der Waals surface area contributed by atoms with Crippen molar-refractivity contribution in [3.63, 3.8) is 0 Å². The molecule has 0 aromatic heterocycles. The van der Waals surface area contributed by atoms with Crippen molar-refractivity contribution in [1.82, 2.24) is 0 Å². The van der Waals surface area contributed by atoms with Crippen molar-refractivity contribution in [2.75, 3.05) is 6.61 Å². The maximum absolute atomic E-state index is 12.5. The van der Waals surface area contributed by atoms with Gasteiger partial charge in [-0.1, -0.05) is 13.8 Å². The normalized spacial score (nSPS) is 29.6. The zero-order valence-electron chi connectivity index (χ0n) is 25.6. The Morgan fingerprint density at radius 3 is 1.86 bits per heavy atom. The average molecular weight is 595 g/mol. The van der Waals surface area contributed by atoms with Crippen molar-refractivity contribution in [1.29, 1.82) is 0 Å². The van der Waals surface area contributed by atoms with E-state index in [1.54, 1.807) is 20.8 Å². The standard InChI is InChI=1S/C30H42O12/c1-14-23(36)11-22-26(40-18(5)33)10-21(13-38-16(3)31)24(37)12-25(39-17(4)32)15(2)28(41-19(6)34)29(42-20(7)35)27(14)30(22,8)9/h10,22-26,29,36-37H,11-13H2,1-9H3/b21-10?,28-15-/t22-,23-,24-,25-,26-,29+/m0/s1. The number of carbonyl (C=O) groups is 5. The van der Waals surface area contributed by atoms with Crippen molar-refractivity contribution in [3.05, 3.63) is 34.1 Å². The van der Waals surface area contributed by atoms with Gasteiger partial charge >= 0.3 is 29.8 Å². The van der Waals surface area contributed by atoms with Gasteiger partial charge in [-0.2, -0.15) is 0 Å². The lowest BCUT2D eigenvalue weighted by atomic mass is 9.60. The minimum atomic E-state index is -1.40. The molecule has 2 N–H and O–H groups in total. The van der Waals surface area contributed by atoms with Crippen LogP contribution in [0.15, 0.2) is 34.1 Å². The average Bonchev–Trinajstić information content (AvgIpc) is 2.83. The van der Waals surface area contributed by atoms with Crippen LogP contribution in [-0.2, 0) is 47.7 Å². The zero-order chi connectivity index (χ0) is 32.1. The van der Waals surface area contributed by atoms with Gasteiger partial charge in [0.15, 0.2) is 11.9 Å². The Morgan fingerprint density at radius 1 is 0.786 bits per heavy atom. The van der Waals surface area contributed by atoms with Gasteiger partial charge < -0.3 is 33.9 Å². The summed E-state index contributed by atoms with van der Waals surface area (Å²) < 4.78 is 27.9. The van der Waals surface area contributed by atoms with Crippen molar-refractivity contribution >= 4 is 29.8 Å². The van der Waals surface area contributed by atoms with E-state index >= 15 is 0 Å². The molecule has 6 atom stereocenters. The first kappa shape index (κ1) is 34.7. The maximum atomic E-state index is 12.5. The van der Waals surface area contributed by atoms with Gasteiger partial charge in [-0.25, -0.2) is 0 Å². The third-order valence-corrected chi connectivity index (χ3v) is 7.63. The van der Waals surface area contributed by atoms with E-state index in [1.165, 1.54) is 33.8 Å². The number of esters is 5. The molecule has 0 radical (unpaired) electrons. The molecule has 0 amide bonds. The number of hydrogen-bond donors (Lipinski definition) is 2. The van der Waals surface area contributed by atoms with Crippen LogP contribution >= 0.6 is 0 Å². The lowest BCUT2D eigenvalue weighted by Gasteiger charge is -2.48. The molecule has 2 aliphatic carbocycles. The predicted octanol–water partition coefficient (Wildman–Crippen LogP) is 2.60. The summed E-state index contributed by atoms with van der Waals surface area (Å²) >= 11 is 0. The topological polar surface area (TPSA) is 172 Å². The second-order valence-corrected chi connectivity index (χ2v) is 11.3. The Hall–Kier alpha value is -3.51. The fraction of sp³-hybridized carbons (Fsp3) is 0.633. The monoisotopic (exact) mass is 594 g/mol. The Labute approximate surface area is 245 Å². The first-order chi connectivity index (χ1) is 19.4. The SMILES string of the molecule is CC(=O)OCC1=C[C@H](OC(C)=O)[C@@H]2C[C@H](O)C(C)=C([C@@H](OC(C)=O)/C(OC(C)=O)=C(\C)[C@@H](OC(C)=O)C[C@@H]1O)C2(C)C. The molecule has 2 rings (SSSR count). The molecule has 0 fully saturated rings. The van der Waals surface area contributed by atoms with Gasteiger partial charge in [0.2, 0.25) is 0 Å². The van der Waals surface area contributed by atoms with Gasteiger partial charge in [0.1, 0.15) is 18.8 Å². The van der Waals surface area contributed by atoms with E-state index < -0.39 is 71.7 Å². The summed E-state index contributed by atoms with van der Waals surface area (Å²) in [5.41, 5.74) is 0.172. The molecule has 234 valence electrons. The molecule has 2 bridgehead atoms. The van der Waals surface area contributed by atoms with Gasteiger partial charge in [0.05, 0.1) is 12.2 Å². The first-order valence-corrected chi connectivity index (χ1v) is 13.7. The van der Waals surface area contributed by atoms with Crippen molar-refractivity contribution in [2.24, 2.45) is 11.3 Å². The van der Waals surface area contributed by atoms with Gasteiger partial charge in [0, 0.05) is 52.5 Å². The molecule has 2 aliphatic rings. The van der Waals surface area contributed by atoms with Gasteiger partial charge in [-0.3, -0.25) is 24.0 Å². The highest BCUT2D eigenvalue weighted by atomic mass is 16.6. The second kappa shape index (κ2) is 14.1. The van der Waals surface area contributed by atoms with E-state index in [1.807, 2.05) is 0 Å². The number of aliphatic hydroxyl groups is 2. The summed E-state index contributed by atoms with van der Waals surface area (Å²) in [5, 5.41) is 22.6. The molecule has 0 saturated heterocycles. The van der Waals surface area contributed by atoms with Crippen LogP contribution in [-0.4, -0.2) is 77.2 Å². The summed E-state index contributed by atoms with van der Waals surface area (Å²) in [4.78, 5) is 61.0. The second-order valence-electron chi connectivity index (χ2n) is 11.3. The molecule has 0 saturated carbocycles. The van der Waals surface area contributed by atoms with Crippen LogP contribution in [0.5, 0.6) is 0 Å². The molecule has 0 aromatic carbocycles. The highest BCUT2D eigenvalue weighted by molar-refractivity contribution is 5.70. The Kier molecular flexibility index (Phi) is 11.7. The third kappa shape index (κ3) is 8.51. The van der Waals surface area contributed by atoms with Crippen LogP contribution in [0.2, 0.25) is 0 Å². The van der Waals surface area contributed by atoms with Crippen molar-refractivity contribution < 1.29 is 57.9 Å². The Bertz CT molecular complexity index is 1190.